The molecule has 1 amide bonds. The van der Waals surface area contributed by atoms with E-state index in [2.05, 4.69) is 0 Å². The quantitative estimate of drug-likeness (QED) is 0.816. The number of halogens is 2. The number of carbonyl (C=O) groups is 2. The Morgan fingerprint density at radius 3 is 2.67 bits per heavy atom. The fourth-order valence-corrected chi connectivity index (χ4v) is 2.08. The van der Waals surface area contributed by atoms with Crippen LogP contribution in [-0.4, -0.2) is 35.0 Å². The number of carboxylic acid groups (broad SMARTS) is 1. The molecule has 6 heteroatoms. The van der Waals surface area contributed by atoms with E-state index >= 15 is 0 Å². The van der Waals surface area contributed by atoms with Gasteiger partial charge in [0, 0.05) is 10.1 Å². The minimum atomic E-state index is -1.08. The Morgan fingerprint density at radius 1 is 1.44 bits per heavy atom. The molecule has 98 valence electrons. The van der Waals surface area contributed by atoms with Crippen molar-refractivity contribution in [3.05, 3.63) is 33.1 Å². The van der Waals surface area contributed by atoms with Crippen LogP contribution in [0.4, 0.5) is 4.39 Å². The molecule has 0 unspecified atom stereocenters. The number of aliphatic carboxylic acids is 1. The zero-order chi connectivity index (χ0) is 13.7. The molecule has 0 aliphatic heterocycles. The first kappa shape index (κ1) is 14.9. The van der Waals surface area contributed by atoms with Gasteiger partial charge in [-0.2, -0.15) is 0 Å². The van der Waals surface area contributed by atoms with Crippen LogP contribution in [-0.2, 0) is 4.79 Å². The summed E-state index contributed by atoms with van der Waals surface area (Å²) >= 11 is 1.93. The number of carbonyl (C=O) groups excluding carboxylic acids is 1. The molecule has 0 aromatic heterocycles. The van der Waals surface area contributed by atoms with Gasteiger partial charge in [-0.15, -0.1) is 0 Å². The third-order valence-corrected chi connectivity index (χ3v) is 3.21. The Bertz CT molecular complexity index is 465. The molecule has 0 bridgehead atoms. The van der Waals surface area contributed by atoms with Crippen LogP contribution in [0.25, 0.3) is 0 Å². The minimum Gasteiger partial charge on any atom is -0.480 e. The molecular formula is C12H13FINO3. The van der Waals surface area contributed by atoms with Gasteiger partial charge in [-0.25, -0.2) is 4.39 Å². The second-order valence-corrected chi connectivity index (χ2v) is 4.91. The molecule has 1 aromatic carbocycles. The summed E-state index contributed by atoms with van der Waals surface area (Å²) in [6.45, 7) is 1.80. The van der Waals surface area contributed by atoms with Crippen molar-refractivity contribution >= 4 is 34.5 Å². The Hall–Kier alpha value is -1.18. The number of carboxylic acids is 1. The van der Waals surface area contributed by atoms with Crippen LogP contribution in [0, 0.1) is 9.39 Å². The molecule has 18 heavy (non-hydrogen) atoms. The first-order chi connectivity index (χ1) is 8.45. The van der Waals surface area contributed by atoms with E-state index < -0.39 is 17.7 Å². The van der Waals surface area contributed by atoms with Gasteiger partial charge in [-0.3, -0.25) is 9.59 Å². The lowest BCUT2D eigenvalue weighted by Crippen LogP contribution is -2.36. The van der Waals surface area contributed by atoms with Crippen molar-refractivity contribution in [2.24, 2.45) is 0 Å². The lowest BCUT2D eigenvalue weighted by atomic mass is 10.2. The molecule has 0 saturated heterocycles. The Kier molecular flexibility index (Phi) is 5.52. The lowest BCUT2D eigenvalue weighted by Gasteiger charge is -2.20. The van der Waals surface area contributed by atoms with E-state index in [1.807, 2.05) is 29.5 Å². The summed E-state index contributed by atoms with van der Waals surface area (Å²) in [5.74, 6) is -2.04. The van der Waals surface area contributed by atoms with Crippen LogP contribution >= 0.6 is 22.6 Å². The van der Waals surface area contributed by atoms with Gasteiger partial charge in [0.25, 0.3) is 5.91 Å². The van der Waals surface area contributed by atoms with Crippen molar-refractivity contribution in [3.63, 3.8) is 0 Å². The molecule has 0 radical (unpaired) electrons. The average molecular weight is 365 g/mol. The normalized spacial score (nSPS) is 10.2. The highest BCUT2D eigenvalue weighted by molar-refractivity contribution is 14.1. The monoisotopic (exact) mass is 365 g/mol. The molecule has 1 rings (SSSR count). The van der Waals surface area contributed by atoms with E-state index in [1.165, 1.54) is 17.0 Å². The standard InChI is InChI=1S/C12H13FINO3/c1-2-5-15(7-11(16)17)12(18)9-6-8(13)3-4-10(9)14/h3-4,6H,2,5,7H2,1H3,(H,16,17). The number of nitrogens with zero attached hydrogens (tertiary/aromatic N) is 1. The predicted octanol–water partition coefficient (Wildman–Crippen LogP) is 2.37. The fraction of sp³-hybridized carbons (Fsp3) is 0.333. The van der Waals surface area contributed by atoms with E-state index in [4.69, 9.17) is 5.11 Å². The first-order valence-electron chi connectivity index (χ1n) is 5.41. The van der Waals surface area contributed by atoms with Gasteiger partial charge in [-0.1, -0.05) is 6.92 Å². The second kappa shape index (κ2) is 6.67. The van der Waals surface area contributed by atoms with Crippen LogP contribution in [0.2, 0.25) is 0 Å². The highest BCUT2D eigenvalue weighted by atomic mass is 127. The molecular weight excluding hydrogens is 352 g/mol. The number of hydrogen-bond acceptors (Lipinski definition) is 2. The minimum absolute atomic E-state index is 0.199. The third-order valence-electron chi connectivity index (χ3n) is 2.27. The maximum Gasteiger partial charge on any atom is 0.323 e. The van der Waals surface area contributed by atoms with E-state index in [1.54, 1.807) is 0 Å². The number of hydrogen-bond donors (Lipinski definition) is 1. The van der Waals surface area contributed by atoms with Gasteiger partial charge in [0.1, 0.15) is 12.4 Å². The van der Waals surface area contributed by atoms with Crippen LogP contribution in [0.1, 0.15) is 23.7 Å². The molecule has 1 aromatic rings. The summed E-state index contributed by atoms with van der Waals surface area (Å²) in [6, 6.07) is 3.89. The lowest BCUT2D eigenvalue weighted by molar-refractivity contribution is -0.137. The summed E-state index contributed by atoms with van der Waals surface area (Å²) < 4.78 is 13.7. The molecule has 4 nitrogen and oxygen atoms in total. The van der Waals surface area contributed by atoms with Crippen LogP contribution < -0.4 is 0 Å². The van der Waals surface area contributed by atoms with Crippen molar-refractivity contribution in [1.82, 2.24) is 4.90 Å². The van der Waals surface area contributed by atoms with Crippen LogP contribution in [0.5, 0.6) is 0 Å². The van der Waals surface area contributed by atoms with Gasteiger partial charge in [0.2, 0.25) is 0 Å². The zero-order valence-electron chi connectivity index (χ0n) is 9.82. The SMILES string of the molecule is CCCN(CC(=O)O)C(=O)c1cc(F)ccc1I. The summed E-state index contributed by atoms with van der Waals surface area (Å²) in [6.07, 6.45) is 0.644. The fourth-order valence-electron chi connectivity index (χ4n) is 1.52. The van der Waals surface area contributed by atoms with E-state index in [-0.39, 0.29) is 12.1 Å². The van der Waals surface area contributed by atoms with E-state index in [0.717, 1.165) is 6.07 Å². The van der Waals surface area contributed by atoms with Crippen LogP contribution in [0.3, 0.4) is 0 Å². The van der Waals surface area contributed by atoms with Gasteiger partial charge in [0.15, 0.2) is 0 Å². The molecule has 0 spiro atoms. The number of rotatable bonds is 5. The Labute approximate surface area is 118 Å². The summed E-state index contributed by atoms with van der Waals surface area (Å²) in [5, 5.41) is 8.76. The topological polar surface area (TPSA) is 57.6 Å². The highest BCUT2D eigenvalue weighted by Gasteiger charge is 2.20. The summed E-state index contributed by atoms with van der Waals surface area (Å²) in [5.41, 5.74) is 0.199. The van der Waals surface area contributed by atoms with Crippen molar-refractivity contribution in [2.45, 2.75) is 13.3 Å². The van der Waals surface area contributed by atoms with Gasteiger partial charge < -0.3 is 10.0 Å². The van der Waals surface area contributed by atoms with Gasteiger partial charge >= 0.3 is 5.97 Å². The first-order valence-corrected chi connectivity index (χ1v) is 6.49. The smallest absolute Gasteiger partial charge is 0.323 e. The molecule has 0 aliphatic carbocycles. The Morgan fingerprint density at radius 2 is 2.11 bits per heavy atom. The summed E-state index contributed by atoms with van der Waals surface area (Å²) in [4.78, 5) is 24.0. The predicted molar refractivity (Wildman–Crippen MR) is 72.9 cm³/mol. The highest BCUT2D eigenvalue weighted by Crippen LogP contribution is 2.16. The number of amides is 1. The molecule has 0 fully saturated rings. The number of benzene rings is 1. The van der Waals surface area contributed by atoms with Crippen molar-refractivity contribution in [1.29, 1.82) is 0 Å². The van der Waals surface area contributed by atoms with Crippen molar-refractivity contribution in [3.8, 4) is 0 Å². The van der Waals surface area contributed by atoms with Crippen molar-refractivity contribution < 1.29 is 19.1 Å². The summed E-state index contributed by atoms with van der Waals surface area (Å²) in [7, 11) is 0. The maximum atomic E-state index is 13.1. The maximum absolute atomic E-state index is 13.1. The average Bonchev–Trinajstić information content (AvgIpc) is 2.30. The molecule has 0 heterocycles. The zero-order valence-corrected chi connectivity index (χ0v) is 12.0. The third kappa shape index (κ3) is 3.94. The van der Waals surface area contributed by atoms with Gasteiger partial charge in [0.05, 0.1) is 5.56 Å². The van der Waals surface area contributed by atoms with E-state index in [0.29, 0.717) is 16.5 Å². The van der Waals surface area contributed by atoms with Crippen LogP contribution in [0.15, 0.2) is 18.2 Å². The van der Waals surface area contributed by atoms with E-state index in [9.17, 15) is 14.0 Å². The molecule has 0 atom stereocenters. The molecule has 0 saturated carbocycles. The second-order valence-electron chi connectivity index (χ2n) is 3.74. The molecule has 0 aliphatic rings. The Balaban J connectivity index is 3.01. The van der Waals surface area contributed by atoms with Gasteiger partial charge in [-0.05, 0) is 47.2 Å². The molecule has 1 N–H and O–H groups in total. The van der Waals surface area contributed by atoms with Crippen molar-refractivity contribution in [2.75, 3.05) is 13.1 Å². The largest absolute Gasteiger partial charge is 0.480 e.